The highest BCUT2D eigenvalue weighted by atomic mass is 79.9. The molecule has 0 saturated carbocycles. The second-order valence-electron chi connectivity index (χ2n) is 5.21. The number of hydrogen-bond donors (Lipinski definition) is 1. The van der Waals surface area contributed by atoms with E-state index in [2.05, 4.69) is 21.2 Å². The number of nitrogens with zero attached hydrogens (tertiary/aromatic N) is 1. The highest BCUT2D eigenvalue weighted by Gasteiger charge is 2.18. The van der Waals surface area contributed by atoms with Crippen LogP contribution >= 0.6 is 15.9 Å². The summed E-state index contributed by atoms with van der Waals surface area (Å²) in [4.78, 5) is 25.4. The molecule has 0 bridgehead atoms. The highest BCUT2D eigenvalue weighted by molar-refractivity contribution is 9.10. The van der Waals surface area contributed by atoms with Gasteiger partial charge in [-0.25, -0.2) is 8.78 Å². The Morgan fingerprint density at radius 1 is 1.12 bits per heavy atom. The van der Waals surface area contributed by atoms with Gasteiger partial charge in [-0.1, -0.05) is 15.9 Å². The molecule has 4 nitrogen and oxygen atoms in total. The van der Waals surface area contributed by atoms with Crippen molar-refractivity contribution in [3.8, 4) is 0 Å². The Kier molecular flexibility index (Phi) is 5.66. The van der Waals surface area contributed by atoms with E-state index < -0.39 is 17.5 Å². The molecular weight excluding hydrogens is 382 g/mol. The van der Waals surface area contributed by atoms with Crippen molar-refractivity contribution in [1.82, 2.24) is 0 Å². The minimum Gasteiger partial charge on any atom is -0.324 e. The zero-order chi connectivity index (χ0) is 17.9. The highest BCUT2D eigenvalue weighted by Crippen LogP contribution is 2.24. The lowest BCUT2D eigenvalue weighted by atomic mass is 10.2. The van der Waals surface area contributed by atoms with Gasteiger partial charge in [0, 0.05) is 28.8 Å². The van der Waals surface area contributed by atoms with Gasteiger partial charge in [0.25, 0.3) is 0 Å². The van der Waals surface area contributed by atoms with E-state index in [4.69, 9.17) is 0 Å². The SMILES string of the molecule is CC(=O)N(CC(=O)Nc1ccc(F)c(F)c1)c1ccc(Br)cc1C. The van der Waals surface area contributed by atoms with Crippen LogP contribution in [0.5, 0.6) is 0 Å². The van der Waals surface area contributed by atoms with E-state index in [0.717, 1.165) is 22.2 Å². The molecule has 0 aliphatic heterocycles. The molecule has 2 amide bonds. The average Bonchev–Trinajstić information content (AvgIpc) is 2.49. The summed E-state index contributed by atoms with van der Waals surface area (Å²) >= 11 is 3.34. The number of aryl methyl sites for hydroxylation is 1. The van der Waals surface area contributed by atoms with Crippen LogP contribution in [-0.4, -0.2) is 18.4 Å². The lowest BCUT2D eigenvalue weighted by Gasteiger charge is -2.22. The van der Waals surface area contributed by atoms with Crippen LogP contribution in [0.3, 0.4) is 0 Å². The molecule has 0 fully saturated rings. The molecule has 0 aliphatic rings. The summed E-state index contributed by atoms with van der Waals surface area (Å²) in [5.74, 6) is -2.87. The Morgan fingerprint density at radius 3 is 2.42 bits per heavy atom. The largest absolute Gasteiger partial charge is 0.324 e. The molecule has 0 saturated heterocycles. The van der Waals surface area contributed by atoms with E-state index in [1.54, 1.807) is 12.1 Å². The summed E-state index contributed by atoms with van der Waals surface area (Å²) in [6.45, 7) is 2.94. The summed E-state index contributed by atoms with van der Waals surface area (Å²) in [5.41, 5.74) is 1.54. The van der Waals surface area contributed by atoms with Crippen molar-refractivity contribution in [3.05, 3.63) is 58.1 Å². The second kappa shape index (κ2) is 7.53. The Bertz CT molecular complexity index is 796. The molecule has 1 N–H and O–H groups in total. The normalized spacial score (nSPS) is 10.4. The fourth-order valence-corrected chi connectivity index (χ4v) is 2.68. The first-order valence-corrected chi connectivity index (χ1v) is 7.86. The maximum absolute atomic E-state index is 13.2. The molecule has 0 radical (unpaired) electrons. The molecule has 0 atom stereocenters. The molecule has 0 aliphatic carbocycles. The van der Waals surface area contributed by atoms with Gasteiger partial charge < -0.3 is 10.2 Å². The van der Waals surface area contributed by atoms with E-state index in [-0.39, 0.29) is 18.1 Å². The Labute approximate surface area is 146 Å². The summed E-state index contributed by atoms with van der Waals surface area (Å²) in [7, 11) is 0. The zero-order valence-corrected chi connectivity index (χ0v) is 14.7. The van der Waals surface area contributed by atoms with Crippen molar-refractivity contribution in [3.63, 3.8) is 0 Å². The predicted molar refractivity (Wildman–Crippen MR) is 91.9 cm³/mol. The fourth-order valence-electron chi connectivity index (χ4n) is 2.21. The van der Waals surface area contributed by atoms with Crippen molar-refractivity contribution in [2.24, 2.45) is 0 Å². The lowest BCUT2D eigenvalue weighted by molar-refractivity contribution is -0.120. The lowest BCUT2D eigenvalue weighted by Crippen LogP contribution is -2.37. The van der Waals surface area contributed by atoms with Gasteiger partial charge in [-0.3, -0.25) is 9.59 Å². The number of anilines is 2. The monoisotopic (exact) mass is 396 g/mol. The molecule has 7 heteroatoms. The van der Waals surface area contributed by atoms with Crippen LogP contribution in [0.25, 0.3) is 0 Å². The molecule has 126 valence electrons. The van der Waals surface area contributed by atoms with Crippen LogP contribution < -0.4 is 10.2 Å². The number of rotatable bonds is 4. The zero-order valence-electron chi connectivity index (χ0n) is 13.1. The van der Waals surface area contributed by atoms with Crippen molar-refractivity contribution < 1.29 is 18.4 Å². The van der Waals surface area contributed by atoms with Crippen LogP contribution in [0.1, 0.15) is 12.5 Å². The van der Waals surface area contributed by atoms with Crippen LogP contribution in [0.4, 0.5) is 20.2 Å². The topological polar surface area (TPSA) is 49.4 Å². The number of carbonyl (C=O) groups excluding carboxylic acids is 2. The molecule has 2 aromatic rings. The first kappa shape index (κ1) is 18.1. The van der Waals surface area contributed by atoms with Gasteiger partial charge in [-0.2, -0.15) is 0 Å². The Balaban J connectivity index is 2.16. The Hall–Kier alpha value is -2.28. The smallest absolute Gasteiger partial charge is 0.244 e. The fraction of sp³-hybridized carbons (Fsp3) is 0.176. The number of amides is 2. The second-order valence-corrected chi connectivity index (χ2v) is 6.13. The third-order valence-electron chi connectivity index (χ3n) is 3.33. The number of carbonyl (C=O) groups is 2. The molecule has 24 heavy (non-hydrogen) atoms. The Morgan fingerprint density at radius 2 is 1.83 bits per heavy atom. The van der Waals surface area contributed by atoms with E-state index in [1.165, 1.54) is 17.9 Å². The van der Waals surface area contributed by atoms with Crippen LogP contribution in [0, 0.1) is 18.6 Å². The van der Waals surface area contributed by atoms with Crippen LogP contribution in [-0.2, 0) is 9.59 Å². The summed E-state index contributed by atoms with van der Waals surface area (Å²) in [6.07, 6.45) is 0. The molecule has 2 aromatic carbocycles. The minimum absolute atomic E-state index is 0.120. The van der Waals surface area contributed by atoms with E-state index in [1.807, 2.05) is 13.0 Å². The van der Waals surface area contributed by atoms with Gasteiger partial charge in [0.15, 0.2) is 11.6 Å². The standard InChI is InChI=1S/C17H15BrF2N2O2/c1-10-7-12(18)3-6-16(10)22(11(2)23)9-17(24)21-13-4-5-14(19)15(20)8-13/h3-8H,9H2,1-2H3,(H,21,24). The molecule has 0 heterocycles. The minimum atomic E-state index is -1.06. The van der Waals surface area contributed by atoms with E-state index in [9.17, 15) is 18.4 Å². The first-order chi connectivity index (χ1) is 11.3. The van der Waals surface area contributed by atoms with Crippen molar-refractivity contribution in [2.75, 3.05) is 16.8 Å². The maximum Gasteiger partial charge on any atom is 0.244 e. The van der Waals surface area contributed by atoms with Gasteiger partial charge in [0.2, 0.25) is 11.8 Å². The van der Waals surface area contributed by atoms with Crippen LogP contribution in [0.15, 0.2) is 40.9 Å². The maximum atomic E-state index is 13.2. The van der Waals surface area contributed by atoms with Gasteiger partial charge in [-0.15, -0.1) is 0 Å². The molecule has 0 spiro atoms. The summed E-state index contributed by atoms with van der Waals surface area (Å²) in [6, 6.07) is 8.39. The van der Waals surface area contributed by atoms with Gasteiger partial charge in [0.1, 0.15) is 6.54 Å². The van der Waals surface area contributed by atoms with Gasteiger partial charge in [-0.05, 0) is 42.8 Å². The van der Waals surface area contributed by atoms with Crippen molar-refractivity contribution >= 4 is 39.1 Å². The van der Waals surface area contributed by atoms with Crippen molar-refractivity contribution in [1.29, 1.82) is 0 Å². The first-order valence-electron chi connectivity index (χ1n) is 7.07. The number of halogens is 3. The van der Waals surface area contributed by atoms with Crippen molar-refractivity contribution in [2.45, 2.75) is 13.8 Å². The number of nitrogens with one attached hydrogen (secondary N) is 1. The predicted octanol–water partition coefficient (Wildman–Crippen LogP) is 4.03. The number of benzene rings is 2. The summed E-state index contributed by atoms with van der Waals surface area (Å²) in [5, 5.41) is 2.45. The van der Waals surface area contributed by atoms with E-state index in [0.29, 0.717) is 5.69 Å². The summed E-state index contributed by atoms with van der Waals surface area (Å²) < 4.78 is 26.9. The van der Waals surface area contributed by atoms with Gasteiger partial charge in [0.05, 0.1) is 0 Å². The van der Waals surface area contributed by atoms with E-state index >= 15 is 0 Å². The average molecular weight is 397 g/mol. The quantitative estimate of drug-likeness (QED) is 0.847. The molecular formula is C17H15BrF2N2O2. The third-order valence-corrected chi connectivity index (χ3v) is 3.83. The number of hydrogen-bond acceptors (Lipinski definition) is 2. The molecule has 0 unspecified atom stereocenters. The van der Waals surface area contributed by atoms with Gasteiger partial charge >= 0.3 is 0 Å². The third kappa shape index (κ3) is 4.38. The van der Waals surface area contributed by atoms with Crippen LogP contribution in [0.2, 0.25) is 0 Å². The molecule has 2 rings (SSSR count). The molecule has 0 aromatic heterocycles.